The number of hydrogen-bond acceptors (Lipinski definition) is 5. The maximum Gasteiger partial charge on any atom is 0.232 e. The highest BCUT2D eigenvalue weighted by Crippen LogP contribution is 2.35. The molecule has 166 valence electrons. The van der Waals surface area contributed by atoms with Crippen LogP contribution in [0, 0.1) is 26.7 Å². The Hall–Kier alpha value is -3.61. The van der Waals surface area contributed by atoms with Crippen molar-refractivity contribution in [3.8, 4) is 5.75 Å². The smallest absolute Gasteiger partial charge is 0.232 e. The normalized spacial score (nSPS) is 15.8. The van der Waals surface area contributed by atoms with E-state index >= 15 is 0 Å². The molecule has 1 aliphatic rings. The fourth-order valence-corrected chi connectivity index (χ4v) is 4.13. The molecule has 1 aliphatic heterocycles. The maximum absolute atomic E-state index is 13.7. The van der Waals surface area contributed by atoms with Gasteiger partial charge in [0, 0.05) is 24.2 Å². The third-order valence-electron chi connectivity index (χ3n) is 5.93. The molecule has 0 saturated carbocycles. The van der Waals surface area contributed by atoms with Crippen molar-refractivity contribution < 1.29 is 18.8 Å². The molecule has 0 bridgehead atoms. The third kappa shape index (κ3) is 4.10. The van der Waals surface area contributed by atoms with Crippen LogP contribution in [0.2, 0.25) is 0 Å². The minimum atomic E-state index is -0.464. The summed E-state index contributed by atoms with van der Waals surface area (Å²) < 4.78 is 10.8. The van der Waals surface area contributed by atoms with Gasteiger partial charge in [-0.3, -0.25) is 9.59 Å². The Morgan fingerprint density at radius 1 is 1.19 bits per heavy atom. The van der Waals surface area contributed by atoms with Gasteiger partial charge in [-0.1, -0.05) is 29.4 Å². The summed E-state index contributed by atoms with van der Waals surface area (Å²) in [5, 5.41) is 4.02. The van der Waals surface area contributed by atoms with E-state index in [0.717, 1.165) is 22.5 Å². The second-order valence-corrected chi connectivity index (χ2v) is 8.14. The van der Waals surface area contributed by atoms with Gasteiger partial charge in [0.25, 0.3) is 0 Å². The van der Waals surface area contributed by atoms with E-state index in [1.165, 1.54) is 0 Å². The topological polar surface area (TPSA) is 75.9 Å². The summed E-state index contributed by atoms with van der Waals surface area (Å²) in [6, 6.07) is 15.2. The number of methoxy groups -OCH3 is 1. The molecule has 0 spiro atoms. The lowest BCUT2D eigenvalue weighted by Crippen LogP contribution is -2.37. The molecule has 2 amide bonds. The van der Waals surface area contributed by atoms with Gasteiger partial charge in [-0.2, -0.15) is 0 Å². The van der Waals surface area contributed by atoms with E-state index in [1.54, 1.807) is 16.9 Å². The second kappa shape index (κ2) is 8.86. The number of aromatic nitrogens is 1. The van der Waals surface area contributed by atoms with Gasteiger partial charge in [0.2, 0.25) is 11.8 Å². The average Bonchev–Trinajstić information content (AvgIpc) is 3.34. The van der Waals surface area contributed by atoms with E-state index in [9.17, 15) is 9.59 Å². The molecule has 2 aromatic carbocycles. The van der Waals surface area contributed by atoms with Crippen LogP contribution in [0.5, 0.6) is 5.75 Å². The first-order chi connectivity index (χ1) is 15.4. The first-order valence-corrected chi connectivity index (χ1v) is 10.6. The van der Waals surface area contributed by atoms with Crippen LogP contribution in [-0.2, 0) is 16.1 Å². The number of amides is 2. The van der Waals surface area contributed by atoms with Gasteiger partial charge in [-0.25, -0.2) is 0 Å². The highest BCUT2D eigenvalue weighted by atomic mass is 16.5. The molecule has 7 nitrogen and oxygen atoms in total. The number of para-hydroxylation sites is 1. The molecule has 32 heavy (non-hydrogen) atoms. The zero-order valence-electron chi connectivity index (χ0n) is 18.8. The van der Waals surface area contributed by atoms with E-state index in [0.29, 0.717) is 30.3 Å². The molecule has 1 unspecified atom stereocenters. The minimum absolute atomic E-state index is 0.0856. The number of ether oxygens (including phenoxy) is 1. The number of rotatable bonds is 6. The summed E-state index contributed by atoms with van der Waals surface area (Å²) in [4.78, 5) is 30.0. The molecule has 1 saturated heterocycles. The summed E-state index contributed by atoms with van der Waals surface area (Å²) >= 11 is 0. The van der Waals surface area contributed by atoms with Crippen LogP contribution in [0.25, 0.3) is 0 Å². The van der Waals surface area contributed by atoms with Crippen molar-refractivity contribution in [3.05, 3.63) is 71.1 Å². The predicted molar refractivity (Wildman–Crippen MR) is 122 cm³/mol. The van der Waals surface area contributed by atoms with Crippen LogP contribution in [-0.4, -0.2) is 30.6 Å². The standard InChI is InChI=1S/C25H27N3O4/c1-16-10-11-23(31-4)22(12-16)28-14-19(13-24(28)29)25(30)27(20-8-6-5-7-9-20)15-21-17(2)26-32-18(21)3/h5-12,19H,13-15H2,1-4H3. The summed E-state index contributed by atoms with van der Waals surface area (Å²) in [6.45, 7) is 6.32. The quantitative estimate of drug-likeness (QED) is 0.583. The molecule has 0 radical (unpaired) electrons. The van der Waals surface area contributed by atoms with Gasteiger partial charge in [0.1, 0.15) is 11.5 Å². The zero-order valence-corrected chi connectivity index (χ0v) is 18.8. The number of aryl methyl sites for hydroxylation is 3. The van der Waals surface area contributed by atoms with E-state index in [1.807, 2.05) is 69.3 Å². The lowest BCUT2D eigenvalue weighted by atomic mass is 10.1. The van der Waals surface area contributed by atoms with Crippen LogP contribution in [0.4, 0.5) is 11.4 Å². The van der Waals surface area contributed by atoms with E-state index in [-0.39, 0.29) is 18.2 Å². The number of carbonyl (C=O) groups excluding carboxylic acids is 2. The molecule has 2 heterocycles. The Bertz CT molecular complexity index is 1120. The molecular formula is C25H27N3O4. The summed E-state index contributed by atoms with van der Waals surface area (Å²) in [5.41, 5.74) is 4.13. The summed E-state index contributed by atoms with van der Waals surface area (Å²) in [7, 11) is 1.58. The van der Waals surface area contributed by atoms with Gasteiger partial charge in [0.05, 0.1) is 31.0 Å². The molecule has 3 aromatic rings. The predicted octanol–water partition coefficient (Wildman–Crippen LogP) is 4.19. The molecule has 1 aromatic heterocycles. The molecule has 7 heteroatoms. The number of carbonyl (C=O) groups is 2. The Labute approximate surface area is 187 Å². The number of anilines is 2. The van der Waals surface area contributed by atoms with Crippen LogP contribution >= 0.6 is 0 Å². The number of benzene rings is 2. The van der Waals surface area contributed by atoms with E-state index in [4.69, 9.17) is 9.26 Å². The first kappa shape index (κ1) is 21.6. The van der Waals surface area contributed by atoms with Crippen LogP contribution in [0.1, 0.15) is 29.0 Å². The maximum atomic E-state index is 13.7. The highest BCUT2D eigenvalue weighted by molar-refractivity contribution is 6.05. The van der Waals surface area contributed by atoms with Crippen molar-refractivity contribution in [1.82, 2.24) is 5.16 Å². The first-order valence-electron chi connectivity index (χ1n) is 10.6. The van der Waals surface area contributed by atoms with Gasteiger partial charge < -0.3 is 19.1 Å². The molecule has 0 aliphatic carbocycles. The number of nitrogens with zero attached hydrogens (tertiary/aromatic N) is 3. The second-order valence-electron chi connectivity index (χ2n) is 8.14. The summed E-state index contributed by atoms with van der Waals surface area (Å²) in [6.07, 6.45) is 0.154. The van der Waals surface area contributed by atoms with E-state index < -0.39 is 5.92 Å². The van der Waals surface area contributed by atoms with E-state index in [2.05, 4.69) is 5.16 Å². The van der Waals surface area contributed by atoms with Gasteiger partial charge in [-0.15, -0.1) is 0 Å². The fourth-order valence-electron chi connectivity index (χ4n) is 4.13. The molecule has 4 rings (SSSR count). The molecule has 0 N–H and O–H groups in total. The van der Waals surface area contributed by atoms with Crippen molar-refractivity contribution in [3.63, 3.8) is 0 Å². The minimum Gasteiger partial charge on any atom is -0.495 e. The van der Waals surface area contributed by atoms with Crippen LogP contribution in [0.3, 0.4) is 0 Å². The number of hydrogen-bond donors (Lipinski definition) is 0. The van der Waals surface area contributed by atoms with Gasteiger partial charge in [-0.05, 0) is 50.6 Å². The van der Waals surface area contributed by atoms with Crippen molar-refractivity contribution in [2.24, 2.45) is 5.92 Å². The Morgan fingerprint density at radius 3 is 2.59 bits per heavy atom. The molecule has 1 atom stereocenters. The van der Waals surface area contributed by atoms with Crippen molar-refractivity contribution in [2.75, 3.05) is 23.5 Å². The van der Waals surface area contributed by atoms with Gasteiger partial charge >= 0.3 is 0 Å². The Kier molecular flexibility index (Phi) is 5.99. The summed E-state index contributed by atoms with van der Waals surface area (Å²) in [5.74, 6) is 0.655. The highest BCUT2D eigenvalue weighted by Gasteiger charge is 2.39. The Balaban J connectivity index is 1.63. The van der Waals surface area contributed by atoms with Crippen molar-refractivity contribution >= 4 is 23.2 Å². The third-order valence-corrected chi connectivity index (χ3v) is 5.93. The van der Waals surface area contributed by atoms with Crippen molar-refractivity contribution in [2.45, 2.75) is 33.7 Å². The van der Waals surface area contributed by atoms with Gasteiger partial charge in [0.15, 0.2) is 0 Å². The SMILES string of the molecule is COc1ccc(C)cc1N1CC(C(=O)N(Cc2c(C)noc2C)c2ccccc2)CC1=O. The zero-order chi connectivity index (χ0) is 22.8. The molecule has 1 fully saturated rings. The monoisotopic (exact) mass is 433 g/mol. The Morgan fingerprint density at radius 2 is 1.94 bits per heavy atom. The van der Waals surface area contributed by atoms with Crippen LogP contribution in [0.15, 0.2) is 53.1 Å². The fraction of sp³-hybridized carbons (Fsp3) is 0.320. The lowest BCUT2D eigenvalue weighted by Gasteiger charge is -2.26. The van der Waals surface area contributed by atoms with Crippen molar-refractivity contribution in [1.29, 1.82) is 0 Å². The largest absolute Gasteiger partial charge is 0.495 e. The average molecular weight is 434 g/mol. The van der Waals surface area contributed by atoms with Crippen LogP contribution < -0.4 is 14.5 Å². The lowest BCUT2D eigenvalue weighted by molar-refractivity contribution is -0.124. The molecular weight excluding hydrogens is 406 g/mol.